The number of nitrogens with one attached hydrogen (secondary N) is 1. The summed E-state index contributed by atoms with van der Waals surface area (Å²) in [6, 6.07) is 14.6. The van der Waals surface area contributed by atoms with Gasteiger partial charge in [-0.1, -0.05) is 30.3 Å². The molecule has 1 unspecified atom stereocenters. The van der Waals surface area contributed by atoms with Crippen LogP contribution in [0.3, 0.4) is 0 Å². The Hall–Kier alpha value is -2.27. The molecule has 1 aliphatic heterocycles. The van der Waals surface area contributed by atoms with Crippen LogP contribution in [0.2, 0.25) is 0 Å². The number of rotatable bonds is 4. The van der Waals surface area contributed by atoms with Crippen LogP contribution in [0.4, 0.5) is 4.79 Å². The molecule has 1 saturated heterocycles. The average molecular weight is 314 g/mol. The van der Waals surface area contributed by atoms with Gasteiger partial charge >= 0.3 is 6.09 Å². The number of methoxy groups -OCH3 is 1. The molecule has 2 aromatic rings. The molecule has 0 bridgehead atoms. The first-order valence-corrected chi connectivity index (χ1v) is 7.95. The minimum Gasteiger partial charge on any atom is -0.467 e. The van der Waals surface area contributed by atoms with Gasteiger partial charge in [-0.2, -0.15) is 0 Å². The van der Waals surface area contributed by atoms with E-state index in [2.05, 4.69) is 17.4 Å². The monoisotopic (exact) mass is 314 g/mol. The first-order chi connectivity index (χ1) is 11.3. The zero-order chi connectivity index (χ0) is 16.1. The molecule has 0 aliphatic carbocycles. The van der Waals surface area contributed by atoms with E-state index in [1.165, 1.54) is 12.7 Å². The maximum atomic E-state index is 11.6. The molecule has 1 N–H and O–H groups in total. The Morgan fingerprint density at radius 1 is 1.22 bits per heavy atom. The minimum atomic E-state index is -0.242. The molecule has 1 atom stereocenters. The molecular weight excluding hydrogens is 292 g/mol. The lowest BCUT2D eigenvalue weighted by Gasteiger charge is -2.33. The van der Waals surface area contributed by atoms with Crippen molar-refractivity contribution in [2.45, 2.75) is 24.9 Å². The van der Waals surface area contributed by atoms with Gasteiger partial charge in [0.2, 0.25) is 0 Å². The van der Waals surface area contributed by atoms with Crippen molar-refractivity contribution in [2.24, 2.45) is 0 Å². The van der Waals surface area contributed by atoms with Crippen molar-refractivity contribution < 1.29 is 13.9 Å². The second kappa shape index (κ2) is 7.33. The third-order valence-electron chi connectivity index (χ3n) is 4.29. The van der Waals surface area contributed by atoms with Crippen LogP contribution in [0.1, 0.15) is 30.2 Å². The lowest BCUT2D eigenvalue weighted by atomic mass is 9.99. The highest BCUT2D eigenvalue weighted by molar-refractivity contribution is 5.67. The number of likely N-dealkylation sites (tertiary alicyclic amines) is 1. The van der Waals surface area contributed by atoms with Crippen molar-refractivity contribution in [1.29, 1.82) is 0 Å². The van der Waals surface area contributed by atoms with E-state index in [0.717, 1.165) is 18.6 Å². The minimum absolute atomic E-state index is 0.0286. The number of amides is 1. The summed E-state index contributed by atoms with van der Waals surface area (Å²) in [7, 11) is 1.43. The lowest BCUT2D eigenvalue weighted by Crippen LogP contribution is -2.45. The fraction of sp³-hybridized carbons (Fsp3) is 0.389. The number of furan rings is 1. The zero-order valence-electron chi connectivity index (χ0n) is 13.3. The number of hydrogen-bond acceptors (Lipinski definition) is 4. The molecule has 1 aromatic heterocycles. The zero-order valence-corrected chi connectivity index (χ0v) is 13.3. The molecular formula is C18H22N2O3. The third-order valence-corrected chi connectivity index (χ3v) is 4.29. The molecule has 1 amide bonds. The Kier molecular flexibility index (Phi) is 4.98. The van der Waals surface area contributed by atoms with E-state index in [-0.39, 0.29) is 12.1 Å². The molecule has 5 heteroatoms. The average Bonchev–Trinajstić information content (AvgIpc) is 3.14. The fourth-order valence-corrected chi connectivity index (χ4v) is 3.04. The summed E-state index contributed by atoms with van der Waals surface area (Å²) in [6.45, 7) is 1.42. The maximum Gasteiger partial charge on any atom is 0.409 e. The van der Waals surface area contributed by atoms with Gasteiger partial charge in [0.05, 0.1) is 19.4 Å². The second-order valence-electron chi connectivity index (χ2n) is 5.76. The molecule has 0 saturated carbocycles. The van der Waals surface area contributed by atoms with Crippen molar-refractivity contribution in [3.63, 3.8) is 0 Å². The molecule has 23 heavy (non-hydrogen) atoms. The van der Waals surface area contributed by atoms with Crippen LogP contribution >= 0.6 is 0 Å². The van der Waals surface area contributed by atoms with E-state index in [9.17, 15) is 4.79 Å². The van der Waals surface area contributed by atoms with Crippen molar-refractivity contribution in [2.75, 3.05) is 20.2 Å². The van der Waals surface area contributed by atoms with Crippen molar-refractivity contribution >= 4 is 6.09 Å². The van der Waals surface area contributed by atoms with E-state index in [4.69, 9.17) is 9.15 Å². The summed E-state index contributed by atoms with van der Waals surface area (Å²) in [6.07, 6.45) is 3.26. The lowest BCUT2D eigenvalue weighted by molar-refractivity contribution is 0.109. The smallest absolute Gasteiger partial charge is 0.409 e. The van der Waals surface area contributed by atoms with Gasteiger partial charge < -0.3 is 19.4 Å². The van der Waals surface area contributed by atoms with Crippen LogP contribution in [-0.4, -0.2) is 37.2 Å². The van der Waals surface area contributed by atoms with Crippen LogP contribution in [0.5, 0.6) is 0 Å². The second-order valence-corrected chi connectivity index (χ2v) is 5.76. The molecule has 0 spiro atoms. The topological polar surface area (TPSA) is 54.7 Å². The van der Waals surface area contributed by atoms with Gasteiger partial charge in [-0.05, 0) is 30.5 Å². The maximum absolute atomic E-state index is 11.6. The Morgan fingerprint density at radius 3 is 2.57 bits per heavy atom. The van der Waals surface area contributed by atoms with Crippen molar-refractivity contribution in [1.82, 2.24) is 10.2 Å². The summed E-state index contributed by atoms with van der Waals surface area (Å²) < 4.78 is 10.4. The number of carbonyl (C=O) groups excluding carboxylic acids is 1. The number of piperidine rings is 1. The van der Waals surface area contributed by atoms with Crippen molar-refractivity contribution in [3.8, 4) is 0 Å². The molecule has 122 valence electrons. The number of benzene rings is 1. The molecule has 3 rings (SSSR count). The van der Waals surface area contributed by atoms with E-state index < -0.39 is 0 Å². The van der Waals surface area contributed by atoms with E-state index in [1.54, 1.807) is 11.2 Å². The van der Waals surface area contributed by atoms with Gasteiger partial charge in [-0.25, -0.2) is 4.79 Å². The predicted octanol–water partition coefficient (Wildman–Crippen LogP) is 3.19. The Labute approximate surface area is 136 Å². The number of ether oxygens (including phenoxy) is 1. The highest BCUT2D eigenvalue weighted by Gasteiger charge is 2.26. The van der Waals surface area contributed by atoms with E-state index in [0.29, 0.717) is 19.1 Å². The highest BCUT2D eigenvalue weighted by atomic mass is 16.5. The van der Waals surface area contributed by atoms with Gasteiger partial charge in [0, 0.05) is 19.1 Å². The molecule has 1 aliphatic rings. The Balaban J connectivity index is 1.68. The van der Waals surface area contributed by atoms with Gasteiger partial charge in [0.25, 0.3) is 0 Å². The van der Waals surface area contributed by atoms with Gasteiger partial charge in [-0.3, -0.25) is 0 Å². The van der Waals surface area contributed by atoms with Gasteiger partial charge in [0.1, 0.15) is 5.76 Å². The van der Waals surface area contributed by atoms with E-state index in [1.807, 2.05) is 30.3 Å². The van der Waals surface area contributed by atoms with Gasteiger partial charge in [-0.15, -0.1) is 0 Å². The SMILES string of the molecule is COC(=O)N1CCC(NC(c2ccccc2)c2ccco2)CC1. The largest absolute Gasteiger partial charge is 0.467 e. The van der Waals surface area contributed by atoms with Crippen LogP contribution < -0.4 is 5.32 Å². The van der Waals surface area contributed by atoms with Crippen LogP contribution in [0, 0.1) is 0 Å². The Morgan fingerprint density at radius 2 is 1.96 bits per heavy atom. The molecule has 5 nitrogen and oxygen atoms in total. The first kappa shape index (κ1) is 15.6. The summed E-state index contributed by atoms with van der Waals surface area (Å²) >= 11 is 0. The normalized spacial score (nSPS) is 17.0. The van der Waals surface area contributed by atoms with Crippen LogP contribution in [0.25, 0.3) is 0 Å². The standard InChI is InChI=1S/C18H22N2O3/c1-22-18(21)20-11-9-15(10-12-20)19-17(16-8-5-13-23-16)14-6-3-2-4-7-14/h2-8,13,15,17,19H,9-12H2,1H3. The number of carbonyl (C=O) groups is 1. The summed E-state index contributed by atoms with van der Waals surface area (Å²) in [5.74, 6) is 0.909. The number of nitrogens with zero attached hydrogens (tertiary/aromatic N) is 1. The molecule has 1 aromatic carbocycles. The fourth-order valence-electron chi connectivity index (χ4n) is 3.04. The van der Waals surface area contributed by atoms with Crippen molar-refractivity contribution in [3.05, 3.63) is 60.1 Å². The predicted molar refractivity (Wildman–Crippen MR) is 87.1 cm³/mol. The summed E-state index contributed by atoms with van der Waals surface area (Å²) in [5.41, 5.74) is 1.18. The summed E-state index contributed by atoms with van der Waals surface area (Å²) in [5, 5.41) is 3.68. The molecule has 2 heterocycles. The number of hydrogen-bond donors (Lipinski definition) is 1. The highest BCUT2D eigenvalue weighted by Crippen LogP contribution is 2.25. The first-order valence-electron chi connectivity index (χ1n) is 7.95. The Bertz CT molecular complexity index is 604. The van der Waals surface area contributed by atoms with E-state index >= 15 is 0 Å². The summed E-state index contributed by atoms with van der Waals surface area (Å²) in [4.78, 5) is 13.3. The van der Waals surface area contributed by atoms with Crippen LogP contribution in [0.15, 0.2) is 53.1 Å². The quantitative estimate of drug-likeness (QED) is 0.941. The molecule has 0 radical (unpaired) electrons. The van der Waals surface area contributed by atoms with Gasteiger partial charge in [0.15, 0.2) is 0 Å². The molecule has 1 fully saturated rings. The van der Waals surface area contributed by atoms with Crippen LogP contribution in [-0.2, 0) is 4.74 Å². The third kappa shape index (κ3) is 3.74.